The fourth-order valence-electron chi connectivity index (χ4n) is 0.277. The molecule has 0 atom stereocenters. The molecule has 4 heteroatoms. The third-order valence-electron chi connectivity index (χ3n) is 0.517. The predicted molar refractivity (Wildman–Crippen MR) is 40.9 cm³/mol. The Morgan fingerprint density at radius 1 is 1.33 bits per heavy atom. The van der Waals surface area contributed by atoms with Crippen molar-refractivity contribution in [1.29, 1.82) is 0 Å². The van der Waals surface area contributed by atoms with Crippen LogP contribution in [-0.4, -0.2) is 4.98 Å². The molecular formula is C5H4Br2NNi. The van der Waals surface area contributed by atoms with E-state index in [0.717, 1.165) is 0 Å². The maximum Gasteiger partial charge on any atom is -0.0813 e. The number of hydrogen-bond donors (Lipinski definition) is 0. The minimum absolute atomic E-state index is 1.25. The molecular weight excluding hydrogens is 293 g/mol. The monoisotopic (exact) mass is 294 g/mol. The molecule has 0 fully saturated rings. The van der Waals surface area contributed by atoms with Gasteiger partial charge in [0.2, 0.25) is 0 Å². The van der Waals surface area contributed by atoms with E-state index in [1.54, 1.807) is 12.3 Å². The van der Waals surface area contributed by atoms with Crippen LogP contribution in [0.25, 0.3) is 0 Å². The van der Waals surface area contributed by atoms with Gasteiger partial charge in [0.15, 0.2) is 0 Å². The average molecular weight is 297 g/mol. The van der Waals surface area contributed by atoms with Gasteiger partial charge in [0, 0.05) is 0 Å². The van der Waals surface area contributed by atoms with E-state index in [0.29, 0.717) is 0 Å². The predicted octanol–water partition coefficient (Wildman–Crippen LogP) is 2.57. The van der Waals surface area contributed by atoms with E-state index in [-0.39, 0.29) is 0 Å². The van der Waals surface area contributed by atoms with Gasteiger partial charge in [-0.2, -0.15) is 18.2 Å². The van der Waals surface area contributed by atoms with Crippen LogP contribution >= 0.6 is 28.5 Å². The molecule has 0 saturated carbocycles. The molecule has 1 rings (SSSR count). The summed E-state index contributed by atoms with van der Waals surface area (Å²) >= 11 is 6.00. The number of nitrogens with zero attached hydrogens (tertiary/aromatic N) is 1. The zero-order valence-electron chi connectivity index (χ0n) is 4.33. The summed E-state index contributed by atoms with van der Waals surface area (Å²) in [5.74, 6) is 0. The van der Waals surface area contributed by atoms with Crippen molar-refractivity contribution in [2.45, 2.75) is 0 Å². The minimum Gasteiger partial charge on any atom is -0.394 e. The van der Waals surface area contributed by atoms with Gasteiger partial charge in [-0.1, -0.05) is 12.4 Å². The normalized spacial score (nSPS) is 7.78. The van der Waals surface area contributed by atoms with E-state index in [1.807, 2.05) is 12.1 Å². The van der Waals surface area contributed by atoms with E-state index in [2.05, 4.69) is 39.6 Å². The molecule has 0 unspecified atom stereocenters. The average Bonchev–Trinajstić information content (AvgIpc) is 1.93. The molecule has 0 aromatic carbocycles. The van der Waals surface area contributed by atoms with Crippen LogP contribution in [0.5, 0.6) is 0 Å². The zero-order valence-corrected chi connectivity index (χ0v) is 8.49. The van der Waals surface area contributed by atoms with Gasteiger partial charge < -0.3 is 4.98 Å². The number of aromatic nitrogens is 1. The van der Waals surface area contributed by atoms with Gasteiger partial charge >= 0.3 is 39.3 Å². The van der Waals surface area contributed by atoms with Crippen LogP contribution in [0.15, 0.2) is 24.4 Å². The topological polar surface area (TPSA) is 12.9 Å². The second-order valence-corrected chi connectivity index (χ2v) is 5.99. The summed E-state index contributed by atoms with van der Waals surface area (Å²) in [5, 5.41) is 0. The summed E-state index contributed by atoms with van der Waals surface area (Å²) in [6.07, 6.45) is 4.34. The first kappa shape index (κ1) is 9.60. The molecule has 1 heterocycles. The molecule has 0 saturated heterocycles. The maximum absolute atomic E-state index is 3.66. The van der Waals surface area contributed by atoms with Crippen LogP contribution in [0.1, 0.15) is 0 Å². The Morgan fingerprint density at radius 2 is 2.00 bits per heavy atom. The molecule has 1 aromatic rings. The Hall–Kier alpha value is 0.604. The van der Waals surface area contributed by atoms with Crippen molar-refractivity contribution in [2.75, 3.05) is 0 Å². The molecule has 1 aromatic heterocycles. The van der Waals surface area contributed by atoms with E-state index in [4.69, 9.17) is 0 Å². The molecule has 9 heavy (non-hydrogen) atoms. The number of rotatable bonds is 0. The number of hydrogen-bond acceptors (Lipinski definition) is 1. The molecule has 0 aliphatic heterocycles. The van der Waals surface area contributed by atoms with Crippen molar-refractivity contribution in [3.63, 3.8) is 0 Å². The van der Waals surface area contributed by atoms with Gasteiger partial charge in [-0.05, 0) is 0 Å². The summed E-state index contributed by atoms with van der Waals surface area (Å²) in [5.41, 5.74) is 0. The molecule has 53 valence electrons. The fourth-order valence-corrected chi connectivity index (χ4v) is 0.277. The molecule has 0 N–H and O–H groups in total. The Morgan fingerprint density at radius 3 is 2.11 bits per heavy atom. The number of halogens is 2. The molecule has 0 radical (unpaired) electrons. The summed E-state index contributed by atoms with van der Waals surface area (Å²) in [7, 11) is 1.25. The molecule has 0 bridgehead atoms. The summed E-state index contributed by atoms with van der Waals surface area (Å²) in [6, 6.07) is 5.50. The van der Waals surface area contributed by atoms with Gasteiger partial charge in [-0.3, -0.25) is 0 Å². The van der Waals surface area contributed by atoms with Crippen LogP contribution in [-0.2, 0) is 10.9 Å². The SMILES string of the molecule is [Br][Ni+][Br].[c-]1ccccn1. The number of pyridine rings is 1. The largest absolute Gasteiger partial charge is 0.394 e. The Bertz CT molecular complexity index is 97.8. The smallest absolute Gasteiger partial charge is 0.0813 e. The molecule has 0 aliphatic rings. The third-order valence-corrected chi connectivity index (χ3v) is 0.517. The Kier molecular flexibility index (Phi) is 9.18. The van der Waals surface area contributed by atoms with E-state index in [9.17, 15) is 0 Å². The fraction of sp³-hybridized carbons (Fsp3) is 0. The molecule has 1 nitrogen and oxygen atoms in total. The van der Waals surface area contributed by atoms with E-state index < -0.39 is 0 Å². The van der Waals surface area contributed by atoms with Gasteiger partial charge in [-0.25, -0.2) is 0 Å². The summed E-state index contributed by atoms with van der Waals surface area (Å²) in [6.45, 7) is 0. The maximum atomic E-state index is 3.66. The Labute approximate surface area is 74.6 Å². The van der Waals surface area contributed by atoms with E-state index in [1.165, 1.54) is 10.9 Å². The summed E-state index contributed by atoms with van der Waals surface area (Å²) in [4.78, 5) is 3.66. The molecule has 0 aliphatic carbocycles. The van der Waals surface area contributed by atoms with Crippen molar-refractivity contribution in [2.24, 2.45) is 0 Å². The first-order valence-corrected chi connectivity index (χ1v) is 6.89. The second kappa shape index (κ2) is 8.60. The van der Waals surface area contributed by atoms with Crippen molar-refractivity contribution < 1.29 is 10.9 Å². The van der Waals surface area contributed by atoms with Gasteiger partial charge in [0.05, 0.1) is 0 Å². The van der Waals surface area contributed by atoms with Crippen LogP contribution in [0.2, 0.25) is 0 Å². The minimum atomic E-state index is 1.25. The van der Waals surface area contributed by atoms with E-state index >= 15 is 0 Å². The quantitative estimate of drug-likeness (QED) is 0.530. The second-order valence-electron chi connectivity index (χ2n) is 1.00. The van der Waals surface area contributed by atoms with Gasteiger partial charge in [0.25, 0.3) is 0 Å². The zero-order chi connectivity index (χ0) is 6.95. The van der Waals surface area contributed by atoms with Gasteiger partial charge in [0.1, 0.15) is 0 Å². The van der Waals surface area contributed by atoms with Crippen LogP contribution < -0.4 is 0 Å². The van der Waals surface area contributed by atoms with Crippen LogP contribution in [0, 0.1) is 6.20 Å². The van der Waals surface area contributed by atoms with Crippen molar-refractivity contribution >= 4 is 28.5 Å². The first-order chi connectivity index (χ1) is 4.41. The molecule has 0 amide bonds. The third kappa shape index (κ3) is 8.60. The molecule has 0 spiro atoms. The first-order valence-electron chi connectivity index (χ1n) is 2.01. The van der Waals surface area contributed by atoms with Gasteiger partial charge in [-0.15, -0.1) is 0 Å². The summed E-state index contributed by atoms with van der Waals surface area (Å²) < 4.78 is 0. The standard InChI is InChI=1S/C5H4N.2BrH.Ni/c1-2-4-6-5-3-1;;;/h1-4H;2*1H;/q-1;;;+3/p-2. The van der Waals surface area contributed by atoms with Crippen molar-refractivity contribution in [1.82, 2.24) is 4.98 Å². The van der Waals surface area contributed by atoms with Crippen LogP contribution in [0.3, 0.4) is 0 Å². The van der Waals surface area contributed by atoms with Crippen LogP contribution in [0.4, 0.5) is 0 Å². The van der Waals surface area contributed by atoms with Crippen molar-refractivity contribution in [3.05, 3.63) is 30.6 Å². The Balaban J connectivity index is 0.000000187. The van der Waals surface area contributed by atoms with Crippen molar-refractivity contribution in [3.8, 4) is 0 Å².